The van der Waals surface area contributed by atoms with Gasteiger partial charge in [-0.1, -0.05) is 97.9 Å². The van der Waals surface area contributed by atoms with Gasteiger partial charge in [-0.05, 0) is 41.9 Å². The minimum atomic E-state index is -0.709. The van der Waals surface area contributed by atoms with Crippen LogP contribution in [-0.2, 0) is 15.1 Å². The molecule has 0 amide bonds. The molecule has 31 heavy (non-hydrogen) atoms. The van der Waals surface area contributed by atoms with Crippen LogP contribution in [0.3, 0.4) is 0 Å². The molecule has 1 fully saturated rings. The maximum atomic E-state index is 9.19. The summed E-state index contributed by atoms with van der Waals surface area (Å²) in [6.45, 7) is 2.96. The summed E-state index contributed by atoms with van der Waals surface area (Å²) in [4.78, 5) is 0. The minimum absolute atomic E-state index is 0.0502. The van der Waals surface area contributed by atoms with Gasteiger partial charge in [0, 0.05) is 6.61 Å². The molecule has 0 spiro atoms. The Labute approximate surface area is 185 Å². The van der Waals surface area contributed by atoms with Crippen LogP contribution in [0.25, 0.3) is 0 Å². The highest BCUT2D eigenvalue weighted by Gasteiger charge is 2.40. The smallest absolute Gasteiger partial charge is 0.143 e. The molecule has 1 saturated heterocycles. The normalized spacial score (nSPS) is 21.3. The third-order valence-corrected chi connectivity index (χ3v) is 6.31. The highest BCUT2D eigenvalue weighted by molar-refractivity contribution is 5.47. The average Bonchev–Trinajstić information content (AvgIpc) is 3.19. The molecule has 0 aliphatic carbocycles. The van der Waals surface area contributed by atoms with E-state index >= 15 is 0 Å². The second-order valence-corrected chi connectivity index (χ2v) is 8.47. The van der Waals surface area contributed by atoms with Crippen LogP contribution in [0.15, 0.2) is 91.0 Å². The molecular formula is C28H32O3. The van der Waals surface area contributed by atoms with Crippen LogP contribution in [0.5, 0.6) is 0 Å². The highest BCUT2D eigenvalue weighted by Crippen LogP contribution is 2.41. The Bertz CT molecular complexity index is 814. The van der Waals surface area contributed by atoms with Gasteiger partial charge in [0.25, 0.3) is 0 Å². The molecule has 0 radical (unpaired) electrons. The molecule has 3 aromatic rings. The van der Waals surface area contributed by atoms with Crippen molar-refractivity contribution in [3.05, 3.63) is 108 Å². The molecule has 3 heteroatoms. The van der Waals surface area contributed by atoms with Crippen molar-refractivity contribution in [2.24, 2.45) is 5.92 Å². The highest BCUT2D eigenvalue weighted by atomic mass is 16.6. The third-order valence-electron chi connectivity index (χ3n) is 6.31. The van der Waals surface area contributed by atoms with Crippen molar-refractivity contribution in [1.82, 2.24) is 0 Å². The van der Waals surface area contributed by atoms with Gasteiger partial charge in [0.15, 0.2) is 0 Å². The lowest BCUT2D eigenvalue weighted by molar-refractivity contribution is -0.0647. The van der Waals surface area contributed by atoms with Gasteiger partial charge in [-0.3, -0.25) is 0 Å². The van der Waals surface area contributed by atoms with E-state index in [-0.39, 0.29) is 18.8 Å². The summed E-state index contributed by atoms with van der Waals surface area (Å²) in [6, 6.07) is 31.4. The van der Waals surface area contributed by atoms with Crippen molar-refractivity contribution >= 4 is 0 Å². The van der Waals surface area contributed by atoms with Crippen LogP contribution in [0.2, 0.25) is 0 Å². The van der Waals surface area contributed by atoms with Crippen LogP contribution in [0, 0.1) is 5.92 Å². The number of benzene rings is 3. The zero-order chi connectivity index (χ0) is 21.5. The Kier molecular flexibility index (Phi) is 7.18. The molecule has 3 aromatic carbocycles. The molecule has 1 aliphatic rings. The van der Waals surface area contributed by atoms with Crippen LogP contribution in [0.4, 0.5) is 0 Å². The molecule has 4 rings (SSSR count). The van der Waals surface area contributed by atoms with Gasteiger partial charge in [0.1, 0.15) is 5.60 Å². The predicted molar refractivity (Wildman–Crippen MR) is 124 cm³/mol. The molecule has 1 aliphatic heterocycles. The number of hydrogen-bond acceptors (Lipinski definition) is 3. The van der Waals surface area contributed by atoms with E-state index < -0.39 is 5.60 Å². The number of aliphatic hydroxyl groups is 1. The third kappa shape index (κ3) is 4.74. The van der Waals surface area contributed by atoms with Crippen molar-refractivity contribution in [3.8, 4) is 0 Å². The van der Waals surface area contributed by atoms with E-state index in [1.807, 2.05) is 18.2 Å². The molecule has 1 N–H and O–H groups in total. The van der Waals surface area contributed by atoms with E-state index in [1.165, 1.54) is 0 Å². The SMILES string of the molecule is C[C@H]1C[C@@H](COC(c2ccccc2)(c2ccccc2)c2ccccc2)O[C@H]1CCCO. The molecule has 0 unspecified atom stereocenters. The lowest BCUT2D eigenvalue weighted by Crippen LogP contribution is -2.35. The van der Waals surface area contributed by atoms with Crippen LogP contribution in [0.1, 0.15) is 42.9 Å². The van der Waals surface area contributed by atoms with Crippen molar-refractivity contribution in [1.29, 1.82) is 0 Å². The van der Waals surface area contributed by atoms with E-state index in [0.717, 1.165) is 36.0 Å². The summed E-state index contributed by atoms with van der Waals surface area (Å²) in [6.07, 6.45) is 2.90. The summed E-state index contributed by atoms with van der Waals surface area (Å²) in [5, 5.41) is 9.19. The fraction of sp³-hybridized carbons (Fsp3) is 0.357. The first-order valence-electron chi connectivity index (χ1n) is 11.3. The van der Waals surface area contributed by atoms with Crippen molar-refractivity contribution in [2.75, 3.05) is 13.2 Å². The monoisotopic (exact) mass is 416 g/mol. The second kappa shape index (κ2) is 10.2. The summed E-state index contributed by atoms with van der Waals surface area (Å²) < 4.78 is 13.2. The first-order chi connectivity index (χ1) is 15.2. The van der Waals surface area contributed by atoms with Gasteiger partial charge in [-0.25, -0.2) is 0 Å². The molecule has 3 atom stereocenters. The summed E-state index contributed by atoms with van der Waals surface area (Å²) >= 11 is 0. The average molecular weight is 417 g/mol. The lowest BCUT2D eigenvalue weighted by atomic mass is 9.80. The molecule has 0 aromatic heterocycles. The number of ether oxygens (including phenoxy) is 2. The first kappa shape index (κ1) is 21.8. The van der Waals surface area contributed by atoms with Gasteiger partial charge < -0.3 is 14.6 Å². The maximum Gasteiger partial charge on any atom is 0.143 e. The fourth-order valence-electron chi connectivity index (χ4n) is 4.74. The van der Waals surface area contributed by atoms with Crippen molar-refractivity contribution < 1.29 is 14.6 Å². The zero-order valence-electron chi connectivity index (χ0n) is 18.2. The van der Waals surface area contributed by atoms with Crippen molar-refractivity contribution in [3.63, 3.8) is 0 Å². The molecular weight excluding hydrogens is 384 g/mol. The van der Waals surface area contributed by atoms with Crippen LogP contribution < -0.4 is 0 Å². The Morgan fingerprint density at radius 3 is 1.77 bits per heavy atom. The van der Waals surface area contributed by atoms with Crippen LogP contribution in [-0.4, -0.2) is 30.5 Å². The fourth-order valence-corrected chi connectivity index (χ4v) is 4.74. The van der Waals surface area contributed by atoms with Gasteiger partial charge >= 0.3 is 0 Å². The Hall–Kier alpha value is -2.46. The topological polar surface area (TPSA) is 38.7 Å². The zero-order valence-corrected chi connectivity index (χ0v) is 18.2. The maximum absolute atomic E-state index is 9.19. The molecule has 0 bridgehead atoms. The summed E-state index contributed by atoms with van der Waals surface area (Å²) in [5.41, 5.74) is 2.61. The van der Waals surface area contributed by atoms with Gasteiger partial charge in [-0.2, -0.15) is 0 Å². The van der Waals surface area contributed by atoms with E-state index in [1.54, 1.807) is 0 Å². The van der Waals surface area contributed by atoms with Crippen LogP contribution >= 0.6 is 0 Å². The number of aliphatic hydroxyl groups excluding tert-OH is 1. The minimum Gasteiger partial charge on any atom is -0.396 e. The molecule has 3 nitrogen and oxygen atoms in total. The standard InChI is InChI=1S/C28H32O3/c1-22-20-26(31-27(22)18-11-19-29)21-30-28(23-12-5-2-6-13-23,24-14-7-3-8-15-24)25-16-9-4-10-17-25/h2-10,12-17,22,26-27,29H,11,18-21H2,1H3/t22-,26-,27-/m0/s1. The van der Waals surface area contributed by atoms with Gasteiger partial charge in [0.2, 0.25) is 0 Å². The van der Waals surface area contributed by atoms with E-state index in [9.17, 15) is 5.11 Å². The van der Waals surface area contributed by atoms with Gasteiger partial charge in [-0.15, -0.1) is 0 Å². The molecule has 1 heterocycles. The van der Waals surface area contributed by atoms with E-state index in [2.05, 4.69) is 79.7 Å². The Morgan fingerprint density at radius 2 is 1.32 bits per heavy atom. The van der Waals surface area contributed by atoms with Crippen molar-refractivity contribution in [2.45, 2.75) is 44.0 Å². The first-order valence-corrected chi connectivity index (χ1v) is 11.3. The summed E-state index contributed by atoms with van der Waals surface area (Å²) in [7, 11) is 0. The van der Waals surface area contributed by atoms with E-state index in [4.69, 9.17) is 9.47 Å². The Balaban J connectivity index is 1.68. The molecule has 162 valence electrons. The predicted octanol–water partition coefficient (Wildman–Crippen LogP) is 5.56. The summed E-state index contributed by atoms with van der Waals surface area (Å²) in [5.74, 6) is 0.472. The molecule has 0 saturated carbocycles. The quantitative estimate of drug-likeness (QED) is 0.464. The number of rotatable bonds is 9. The number of hydrogen-bond donors (Lipinski definition) is 1. The Morgan fingerprint density at radius 1 is 0.839 bits per heavy atom. The lowest BCUT2D eigenvalue weighted by Gasteiger charge is -2.36. The second-order valence-electron chi connectivity index (χ2n) is 8.47. The largest absolute Gasteiger partial charge is 0.396 e. The van der Waals surface area contributed by atoms with Gasteiger partial charge in [0.05, 0.1) is 18.8 Å². The van der Waals surface area contributed by atoms with E-state index in [0.29, 0.717) is 12.5 Å².